The van der Waals surface area contributed by atoms with Crippen LogP contribution >= 0.6 is 35.1 Å². The first-order valence-electron chi connectivity index (χ1n) is 19.8. The second kappa shape index (κ2) is 19.6. The molecule has 0 aliphatic carbocycles. The molecule has 6 aromatic rings. The number of hydrogen-bond acceptors (Lipinski definition) is 20. The highest BCUT2D eigenvalue weighted by Gasteiger charge is 2.48. The number of phosphoric ester groups is 2. The zero-order valence-electron chi connectivity index (χ0n) is 34.4. The average molecular weight is 1020 g/mol. The van der Waals surface area contributed by atoms with Crippen molar-refractivity contribution in [1.29, 1.82) is 0 Å². The third-order valence-electron chi connectivity index (χ3n) is 10.2. The number of nitrogens with two attached hydrogens (primary N) is 2. The number of morpholine rings is 1. The molecule has 0 amide bonds. The molecule has 0 radical (unpaired) electrons. The van der Waals surface area contributed by atoms with Crippen LogP contribution in [-0.4, -0.2) is 121 Å². The lowest BCUT2D eigenvalue weighted by atomic mass is 10.1. The molecule has 360 valence electrons. The summed E-state index contributed by atoms with van der Waals surface area (Å²) in [4.78, 5) is 75.4. The van der Waals surface area contributed by atoms with E-state index in [1.165, 1.54) is 0 Å². The van der Waals surface area contributed by atoms with Gasteiger partial charge >= 0.3 is 29.0 Å². The summed E-state index contributed by atoms with van der Waals surface area (Å²) >= 11 is 5.98. The molecule has 2 aliphatic heterocycles. The van der Waals surface area contributed by atoms with Crippen LogP contribution in [0.3, 0.4) is 0 Å². The predicted molar refractivity (Wildman–Crippen MR) is 230 cm³/mol. The number of hydrogen-bond donors (Lipinski definition) is 9. The van der Waals surface area contributed by atoms with Crippen LogP contribution in [-0.2, 0) is 53.9 Å². The van der Waals surface area contributed by atoms with Gasteiger partial charge in [-0.25, -0.2) is 23.2 Å². The number of fused-ring (bicyclic) bond motifs is 2. The fraction of sp³-hybridized carbons (Fsp3) is 0.371. The topological polar surface area (TPSA) is 390 Å². The van der Waals surface area contributed by atoms with Crippen molar-refractivity contribution < 1.29 is 75.0 Å². The number of nitrogens with zero attached hydrogens (tertiary/aromatic N) is 7. The van der Waals surface area contributed by atoms with Crippen LogP contribution in [0.2, 0.25) is 5.02 Å². The van der Waals surface area contributed by atoms with E-state index in [9.17, 15) is 48.2 Å². The van der Waals surface area contributed by atoms with E-state index < -0.39 is 84.7 Å². The Morgan fingerprint density at radius 2 is 1.48 bits per heavy atom. The lowest BCUT2D eigenvalue weighted by Crippen LogP contribution is -2.47. The van der Waals surface area contributed by atoms with Crippen LogP contribution in [0.5, 0.6) is 5.75 Å². The second-order valence-corrected chi connectivity index (χ2v) is 20.1. The molecule has 3 unspecified atom stereocenters. The van der Waals surface area contributed by atoms with E-state index in [2.05, 4.69) is 33.5 Å². The first kappa shape index (κ1) is 48.5. The molecule has 0 saturated carbocycles. The number of H-pyrrole nitrogens is 2. The van der Waals surface area contributed by atoms with E-state index in [0.29, 0.717) is 17.3 Å². The van der Waals surface area contributed by atoms with Crippen molar-refractivity contribution in [2.24, 2.45) is 0 Å². The van der Waals surface area contributed by atoms with Gasteiger partial charge in [0.25, 0.3) is 16.7 Å². The molecule has 0 bridgehead atoms. The van der Waals surface area contributed by atoms with Gasteiger partial charge in [0, 0.05) is 18.1 Å². The molecule has 32 heteroatoms. The van der Waals surface area contributed by atoms with Gasteiger partial charge in [-0.2, -0.15) is 23.2 Å². The molecule has 2 aromatic carbocycles. The number of nitrogen functional groups attached to an aromatic ring is 2. The van der Waals surface area contributed by atoms with Gasteiger partial charge < -0.3 is 50.6 Å². The van der Waals surface area contributed by atoms with Crippen molar-refractivity contribution in [2.75, 3.05) is 44.4 Å². The number of phosphoric acid groups is 3. The molecule has 2 aliphatic rings. The normalized spacial score (nSPS) is 24.1. The van der Waals surface area contributed by atoms with Crippen LogP contribution in [0.25, 0.3) is 22.3 Å². The molecule has 11 N–H and O–H groups in total. The Morgan fingerprint density at radius 1 is 0.821 bits per heavy atom. The van der Waals surface area contributed by atoms with Crippen molar-refractivity contribution in [1.82, 2.24) is 39.0 Å². The number of nitrogens with one attached hydrogen (secondary N) is 2. The van der Waals surface area contributed by atoms with Crippen molar-refractivity contribution in [3.63, 3.8) is 0 Å². The van der Waals surface area contributed by atoms with Crippen molar-refractivity contribution in [3.05, 3.63) is 98.5 Å². The molecule has 2 saturated heterocycles. The number of imidazole rings is 2. The Kier molecular flexibility index (Phi) is 14.2. The summed E-state index contributed by atoms with van der Waals surface area (Å²) < 4.78 is 78.9. The number of benzene rings is 2. The zero-order chi connectivity index (χ0) is 47.8. The standard InChI is InChI=1S/C35H41ClN11O17P3/c36-20-6-8-21(9-7-20)58-11-10-45-18-47(30-26(45)32(51)43-35(38)41-30)24-14-44(12-19-4-2-1-3-5-19)13-22(61-24)15-59-65(52,53)63-67(56,57)64-66(54,55)60-16-23-27(48)28(49)33(62-23)46-17-39-25-29(46)40-34(37)42-31(25)50/h1-9,17-18,22-24,27-28,33,48-49H,10-16H2,(H8-,37,38,40,41,42,43,50,51,52,53,54,55,56,57)/p+1/t22-,23+,24+,27+,28+,33+/m0/s1. The molecule has 28 nitrogen and oxygen atoms in total. The van der Waals surface area contributed by atoms with Crippen molar-refractivity contribution in [3.8, 4) is 5.75 Å². The molecule has 9 atom stereocenters. The van der Waals surface area contributed by atoms with Gasteiger partial charge in [-0.15, -0.1) is 0 Å². The Hall–Kier alpha value is -4.96. The minimum atomic E-state index is -5.99. The Balaban J connectivity index is 0.922. The lowest BCUT2D eigenvalue weighted by molar-refractivity contribution is -0.673. The lowest BCUT2D eigenvalue weighted by Gasteiger charge is -2.36. The van der Waals surface area contributed by atoms with Gasteiger partial charge in [-0.05, 0) is 29.8 Å². The Labute approximate surface area is 381 Å². The van der Waals surface area contributed by atoms with E-state index in [4.69, 9.17) is 46.3 Å². The van der Waals surface area contributed by atoms with Crippen LogP contribution in [0.4, 0.5) is 11.9 Å². The molecular formula is C35H42ClN11O17P3+. The average Bonchev–Trinajstić information content (AvgIpc) is 3.92. The van der Waals surface area contributed by atoms with Crippen LogP contribution in [0.15, 0.2) is 76.8 Å². The van der Waals surface area contributed by atoms with E-state index in [1.807, 2.05) is 35.2 Å². The number of ether oxygens (including phenoxy) is 3. The molecule has 67 heavy (non-hydrogen) atoms. The molecule has 6 heterocycles. The number of aromatic nitrogens is 8. The van der Waals surface area contributed by atoms with E-state index in [0.717, 1.165) is 16.5 Å². The van der Waals surface area contributed by atoms with Gasteiger partial charge in [0.15, 0.2) is 17.4 Å². The third-order valence-corrected chi connectivity index (χ3v) is 14.7. The highest BCUT2D eigenvalue weighted by Crippen LogP contribution is 2.67. The van der Waals surface area contributed by atoms with Gasteiger partial charge in [-0.1, -0.05) is 41.9 Å². The minimum Gasteiger partial charge on any atom is -0.489 e. The summed E-state index contributed by atoms with van der Waals surface area (Å²) in [6.07, 6.45) is -6.07. The second-order valence-electron chi connectivity index (χ2n) is 15.0. The quantitative estimate of drug-likeness (QED) is 0.0416. The maximum atomic E-state index is 13.3. The zero-order valence-corrected chi connectivity index (χ0v) is 37.8. The number of anilines is 2. The SMILES string of the molecule is Nc1nc2c(ncn2[C@@H]2O[C@H](COP(=O)(O)OP(=O)(O)OP(=O)(O)OC[C@@H]3CN(Cc4ccccc4)C[C@H](n4c[n+](CCOc5ccc(Cl)cc5)c5c(=O)[nH]c(N)nc54)O3)[C@@H](O)[C@H]2O)c(=O)[nH]1. The maximum Gasteiger partial charge on any atom is 0.490 e. The first-order chi connectivity index (χ1) is 31.7. The number of aromatic amines is 2. The summed E-state index contributed by atoms with van der Waals surface area (Å²) in [5.41, 5.74) is 11.1. The predicted octanol–water partition coefficient (Wildman–Crippen LogP) is 0.429. The fourth-order valence-electron chi connectivity index (χ4n) is 7.35. The van der Waals surface area contributed by atoms with Gasteiger partial charge in [0.2, 0.25) is 24.5 Å². The molecular weight excluding hydrogens is 975 g/mol. The van der Waals surface area contributed by atoms with Crippen LogP contribution < -0.4 is 31.9 Å². The third kappa shape index (κ3) is 11.5. The summed E-state index contributed by atoms with van der Waals surface area (Å²) in [6.45, 7) is -0.967. The largest absolute Gasteiger partial charge is 0.490 e. The Morgan fingerprint density at radius 3 is 2.18 bits per heavy atom. The number of halogens is 1. The summed E-state index contributed by atoms with van der Waals surface area (Å²) in [5, 5.41) is 21.8. The van der Waals surface area contributed by atoms with Gasteiger partial charge in [0.05, 0.1) is 32.2 Å². The van der Waals surface area contributed by atoms with Crippen LogP contribution in [0.1, 0.15) is 18.0 Å². The summed E-state index contributed by atoms with van der Waals surface area (Å²) in [6, 6.07) is 16.0. The molecule has 2 fully saturated rings. The smallest absolute Gasteiger partial charge is 0.489 e. The van der Waals surface area contributed by atoms with E-state index >= 15 is 0 Å². The fourth-order valence-corrected chi connectivity index (χ4v) is 11.0. The molecule has 4 aromatic heterocycles. The summed E-state index contributed by atoms with van der Waals surface area (Å²) in [7, 11) is -17.3. The number of aliphatic hydroxyl groups excluding tert-OH is 2. The highest BCUT2D eigenvalue weighted by molar-refractivity contribution is 7.66. The first-order valence-corrected chi connectivity index (χ1v) is 24.6. The highest BCUT2D eigenvalue weighted by atomic mass is 35.5. The minimum absolute atomic E-state index is 0.0627. The van der Waals surface area contributed by atoms with E-state index in [1.54, 1.807) is 39.7 Å². The number of rotatable bonds is 18. The van der Waals surface area contributed by atoms with Gasteiger partial charge in [-0.3, -0.25) is 38.1 Å². The Bertz CT molecular complexity index is 3020. The maximum absolute atomic E-state index is 13.3. The number of aliphatic hydroxyl groups is 2. The van der Waals surface area contributed by atoms with Crippen molar-refractivity contribution >= 4 is 69.3 Å². The monoisotopic (exact) mass is 1020 g/mol. The van der Waals surface area contributed by atoms with E-state index in [-0.39, 0.29) is 60.5 Å². The van der Waals surface area contributed by atoms with Gasteiger partial charge in [0.1, 0.15) is 37.2 Å². The summed E-state index contributed by atoms with van der Waals surface area (Å²) in [5.74, 6) is 0.0467. The molecule has 0 spiro atoms. The van der Waals surface area contributed by atoms with Crippen LogP contribution in [0, 0.1) is 0 Å². The van der Waals surface area contributed by atoms with Crippen molar-refractivity contribution in [2.45, 2.75) is 50.0 Å². The molecule has 8 rings (SSSR count).